The highest BCUT2D eigenvalue weighted by molar-refractivity contribution is 6.06. The van der Waals surface area contributed by atoms with Crippen molar-refractivity contribution in [1.29, 1.82) is 0 Å². The smallest absolute Gasteiger partial charge is 0.258 e. The number of rotatable bonds is 11. The second kappa shape index (κ2) is 12.9. The van der Waals surface area contributed by atoms with Crippen molar-refractivity contribution < 1.29 is 14.3 Å². The zero-order chi connectivity index (χ0) is 25.0. The highest BCUT2D eigenvalue weighted by Crippen LogP contribution is 2.30. The molecule has 0 aliphatic rings. The van der Waals surface area contributed by atoms with Crippen LogP contribution >= 0.6 is 0 Å². The van der Waals surface area contributed by atoms with E-state index in [9.17, 15) is 9.59 Å². The average molecular weight is 469 g/mol. The molecule has 0 saturated carbocycles. The summed E-state index contributed by atoms with van der Waals surface area (Å²) in [5.74, 6) is 0.651. The van der Waals surface area contributed by atoms with Crippen molar-refractivity contribution >= 4 is 17.4 Å². The predicted octanol–water partition coefficient (Wildman–Crippen LogP) is 6.04. The van der Waals surface area contributed by atoms with E-state index in [1.165, 1.54) is 13.0 Å². The lowest BCUT2D eigenvalue weighted by molar-refractivity contribution is -0.112. The van der Waals surface area contributed by atoms with Crippen LogP contribution in [0.2, 0.25) is 0 Å². The van der Waals surface area contributed by atoms with E-state index in [4.69, 9.17) is 4.74 Å². The van der Waals surface area contributed by atoms with Crippen molar-refractivity contribution in [2.75, 3.05) is 25.1 Å². The quantitative estimate of drug-likeness (QED) is 0.275. The Morgan fingerprint density at radius 1 is 0.943 bits per heavy atom. The number of methoxy groups -OCH3 is 1. The average Bonchev–Trinajstić information content (AvgIpc) is 2.90. The molecule has 35 heavy (non-hydrogen) atoms. The van der Waals surface area contributed by atoms with Gasteiger partial charge in [-0.05, 0) is 61.4 Å². The Bertz CT molecular complexity index is 1180. The molecular weight excluding hydrogens is 436 g/mol. The molecule has 5 heteroatoms. The molecule has 0 heterocycles. The van der Waals surface area contributed by atoms with Gasteiger partial charge in [-0.15, -0.1) is 0 Å². The third kappa shape index (κ3) is 7.18. The Morgan fingerprint density at radius 2 is 1.63 bits per heavy atom. The van der Waals surface area contributed by atoms with Gasteiger partial charge < -0.3 is 15.0 Å². The Kier molecular flexibility index (Phi) is 9.43. The lowest BCUT2D eigenvalue weighted by atomic mass is 10.0. The fraction of sp³-hybridized carbons (Fsp3) is 0.200. The maximum atomic E-state index is 13.7. The molecule has 0 aliphatic carbocycles. The molecule has 0 saturated heterocycles. The normalized spacial score (nSPS) is 11.3. The Hall–Kier alpha value is -4.12. The van der Waals surface area contributed by atoms with E-state index >= 15 is 0 Å². The molecular formula is C30H32N2O3. The molecule has 5 nitrogen and oxygen atoms in total. The van der Waals surface area contributed by atoms with Crippen LogP contribution < -0.4 is 15.0 Å². The molecule has 0 fully saturated rings. The van der Waals surface area contributed by atoms with E-state index in [1.54, 1.807) is 18.1 Å². The first-order chi connectivity index (χ1) is 17.0. The first-order valence-corrected chi connectivity index (χ1v) is 11.8. The van der Waals surface area contributed by atoms with Gasteiger partial charge in [-0.25, -0.2) is 0 Å². The summed E-state index contributed by atoms with van der Waals surface area (Å²) in [6, 6.07) is 25.0. The molecule has 0 aliphatic heterocycles. The maximum Gasteiger partial charge on any atom is 0.258 e. The number of benzene rings is 3. The van der Waals surface area contributed by atoms with Crippen LogP contribution in [-0.4, -0.2) is 31.9 Å². The standard InChI is InChI=1S/C30H32N2O3/c1-4-21-31-26(12-10-11-23(2)33)22-32(27-13-6-5-7-14-27)30(34)25-19-17-24(18-20-25)28-15-8-9-16-29(28)35-3/h5-20,31H,4,21-22H2,1-3H3/b11-10+,26-12-. The Labute approximate surface area is 207 Å². The Balaban J connectivity index is 1.92. The van der Waals surface area contributed by atoms with E-state index in [-0.39, 0.29) is 11.7 Å². The summed E-state index contributed by atoms with van der Waals surface area (Å²) in [7, 11) is 1.65. The fourth-order valence-electron chi connectivity index (χ4n) is 3.64. The lowest BCUT2D eigenvalue weighted by Crippen LogP contribution is -2.36. The second-order valence-electron chi connectivity index (χ2n) is 8.09. The minimum atomic E-state index is -0.109. The molecule has 180 valence electrons. The molecule has 1 N–H and O–H groups in total. The van der Waals surface area contributed by atoms with Gasteiger partial charge in [0.1, 0.15) is 5.75 Å². The van der Waals surface area contributed by atoms with Gasteiger partial charge in [-0.3, -0.25) is 9.59 Å². The van der Waals surface area contributed by atoms with Crippen LogP contribution in [-0.2, 0) is 4.79 Å². The van der Waals surface area contributed by atoms with Crippen LogP contribution in [0, 0.1) is 0 Å². The molecule has 0 aromatic heterocycles. The van der Waals surface area contributed by atoms with Crippen molar-refractivity contribution in [2.45, 2.75) is 20.3 Å². The van der Waals surface area contributed by atoms with Gasteiger partial charge in [-0.2, -0.15) is 0 Å². The van der Waals surface area contributed by atoms with Gasteiger partial charge in [0.2, 0.25) is 0 Å². The number of carbonyl (C=O) groups is 2. The second-order valence-corrected chi connectivity index (χ2v) is 8.09. The summed E-state index contributed by atoms with van der Waals surface area (Å²) in [6.45, 7) is 4.71. The highest BCUT2D eigenvalue weighted by Gasteiger charge is 2.19. The zero-order valence-electron chi connectivity index (χ0n) is 20.5. The number of nitrogens with zero attached hydrogens (tertiary/aromatic N) is 1. The number of hydrogen-bond acceptors (Lipinski definition) is 4. The fourth-order valence-corrected chi connectivity index (χ4v) is 3.64. The van der Waals surface area contributed by atoms with Crippen molar-refractivity contribution in [3.05, 3.63) is 108 Å². The van der Waals surface area contributed by atoms with Gasteiger partial charge in [0, 0.05) is 29.1 Å². The van der Waals surface area contributed by atoms with Crippen LogP contribution in [0.4, 0.5) is 5.69 Å². The van der Waals surface area contributed by atoms with Gasteiger partial charge in [0.15, 0.2) is 5.78 Å². The molecule has 0 atom stereocenters. The molecule has 3 aromatic carbocycles. The van der Waals surface area contributed by atoms with Crippen molar-refractivity contribution in [3.8, 4) is 16.9 Å². The summed E-state index contributed by atoms with van der Waals surface area (Å²) >= 11 is 0. The minimum Gasteiger partial charge on any atom is -0.496 e. The highest BCUT2D eigenvalue weighted by atomic mass is 16.5. The largest absolute Gasteiger partial charge is 0.496 e. The summed E-state index contributed by atoms with van der Waals surface area (Å²) in [6.07, 6.45) is 6.03. The number of ether oxygens (including phenoxy) is 1. The first-order valence-electron chi connectivity index (χ1n) is 11.8. The third-order valence-electron chi connectivity index (χ3n) is 5.42. The molecule has 3 aromatic rings. The van der Waals surface area contributed by atoms with Gasteiger partial charge >= 0.3 is 0 Å². The summed E-state index contributed by atoms with van der Waals surface area (Å²) in [4.78, 5) is 26.8. The molecule has 0 unspecified atom stereocenters. The molecule has 3 rings (SSSR count). The molecule has 0 spiro atoms. The third-order valence-corrected chi connectivity index (χ3v) is 5.42. The van der Waals surface area contributed by atoms with Crippen LogP contribution in [0.3, 0.4) is 0 Å². The van der Waals surface area contributed by atoms with E-state index in [1.807, 2.05) is 84.9 Å². The number of para-hydroxylation sites is 2. The van der Waals surface area contributed by atoms with Crippen molar-refractivity contribution in [3.63, 3.8) is 0 Å². The first kappa shape index (κ1) is 25.5. The van der Waals surface area contributed by atoms with E-state index in [0.29, 0.717) is 12.1 Å². The van der Waals surface area contributed by atoms with Crippen molar-refractivity contribution in [1.82, 2.24) is 5.32 Å². The number of amides is 1. The zero-order valence-corrected chi connectivity index (χ0v) is 20.5. The Morgan fingerprint density at radius 3 is 2.29 bits per heavy atom. The number of hydrogen-bond donors (Lipinski definition) is 1. The summed E-state index contributed by atoms with van der Waals surface area (Å²) in [5, 5.41) is 3.38. The number of ketones is 1. The summed E-state index contributed by atoms with van der Waals surface area (Å²) in [5.41, 5.74) is 4.19. The summed E-state index contributed by atoms with van der Waals surface area (Å²) < 4.78 is 5.48. The monoisotopic (exact) mass is 468 g/mol. The molecule has 0 radical (unpaired) electrons. The van der Waals surface area contributed by atoms with Gasteiger partial charge in [0.05, 0.1) is 13.7 Å². The number of carbonyl (C=O) groups excluding carboxylic acids is 2. The minimum absolute atomic E-state index is 0.0257. The van der Waals surface area contributed by atoms with Crippen molar-refractivity contribution in [2.24, 2.45) is 0 Å². The molecule has 0 bridgehead atoms. The van der Waals surface area contributed by atoms with E-state index < -0.39 is 0 Å². The van der Waals surface area contributed by atoms with Crippen LogP contribution in [0.1, 0.15) is 30.6 Å². The van der Waals surface area contributed by atoms with E-state index in [0.717, 1.165) is 41.2 Å². The van der Waals surface area contributed by atoms with Crippen LogP contribution in [0.15, 0.2) is 103 Å². The topological polar surface area (TPSA) is 58.6 Å². The van der Waals surface area contributed by atoms with E-state index in [2.05, 4.69) is 12.2 Å². The number of allylic oxidation sites excluding steroid dienone is 3. The number of anilines is 1. The molecule has 1 amide bonds. The van der Waals surface area contributed by atoms with Crippen LogP contribution in [0.5, 0.6) is 5.75 Å². The van der Waals surface area contributed by atoms with Gasteiger partial charge in [-0.1, -0.05) is 61.5 Å². The lowest BCUT2D eigenvalue weighted by Gasteiger charge is -2.25. The SMILES string of the molecule is CCCN/C(=C\C=C\C(C)=O)CN(C(=O)c1ccc(-c2ccccc2OC)cc1)c1ccccc1. The van der Waals surface area contributed by atoms with Crippen LogP contribution in [0.25, 0.3) is 11.1 Å². The van der Waals surface area contributed by atoms with Gasteiger partial charge in [0.25, 0.3) is 5.91 Å². The predicted molar refractivity (Wildman–Crippen MR) is 143 cm³/mol. The maximum absolute atomic E-state index is 13.7. The number of nitrogens with one attached hydrogen (secondary N) is 1.